The second-order valence-corrected chi connectivity index (χ2v) is 11.5. The highest BCUT2D eigenvalue weighted by molar-refractivity contribution is 8.14. The van der Waals surface area contributed by atoms with Gasteiger partial charge in [0.05, 0.1) is 0 Å². The van der Waals surface area contributed by atoms with E-state index < -0.39 is 6.04 Å². The van der Waals surface area contributed by atoms with Crippen molar-refractivity contribution in [2.45, 2.75) is 85.0 Å². The highest BCUT2D eigenvalue weighted by Crippen LogP contribution is 2.48. The molecule has 0 radical (unpaired) electrons. The van der Waals surface area contributed by atoms with Gasteiger partial charge >= 0.3 is 0 Å². The van der Waals surface area contributed by atoms with Crippen LogP contribution in [0, 0.1) is 0 Å². The molecule has 0 amide bonds. The van der Waals surface area contributed by atoms with E-state index in [1.54, 1.807) is 0 Å². The Hall–Kier alpha value is 0.650. The van der Waals surface area contributed by atoms with Crippen molar-refractivity contribution < 1.29 is 0 Å². The number of hydrogen-bond acceptors (Lipinski definition) is 1. The molecule has 0 saturated carbocycles. The fraction of sp³-hybridized carbons (Fsp3) is 1.00. The summed E-state index contributed by atoms with van der Waals surface area (Å²) >= 11 is 6.08. The predicted octanol–water partition coefficient (Wildman–Crippen LogP) is 6.43. The zero-order valence-corrected chi connectivity index (χ0v) is 14.8. The number of rotatable bonds is 13. The van der Waals surface area contributed by atoms with Gasteiger partial charge in [-0.3, -0.25) is 0 Å². The predicted molar refractivity (Wildman–Crippen MR) is 92.1 cm³/mol. The lowest BCUT2D eigenvalue weighted by molar-refractivity contribution is 0.694. The molecule has 0 atom stereocenters. The van der Waals surface area contributed by atoms with Crippen LogP contribution in [0.3, 0.4) is 0 Å². The van der Waals surface area contributed by atoms with E-state index in [1.165, 1.54) is 82.7 Å². The van der Waals surface area contributed by atoms with Crippen molar-refractivity contribution in [3.05, 3.63) is 0 Å². The first-order valence-electron chi connectivity index (χ1n) is 8.25. The Kier molecular flexibility index (Phi) is 13.1. The van der Waals surface area contributed by atoms with E-state index in [1.807, 2.05) is 0 Å². The van der Waals surface area contributed by atoms with Crippen LogP contribution in [0.5, 0.6) is 0 Å². The second-order valence-electron chi connectivity index (χ2n) is 5.70. The lowest BCUT2D eigenvalue weighted by atomic mass is 10.2. The van der Waals surface area contributed by atoms with E-state index in [2.05, 4.69) is 20.8 Å². The minimum atomic E-state index is -0.983. The van der Waals surface area contributed by atoms with Crippen molar-refractivity contribution in [2.75, 3.05) is 18.5 Å². The smallest absolute Gasteiger partial charge is 0.0235 e. The third kappa shape index (κ3) is 10.6. The van der Waals surface area contributed by atoms with Crippen molar-refractivity contribution in [2.24, 2.45) is 0 Å². The molecule has 0 aromatic rings. The zero-order valence-electron chi connectivity index (χ0n) is 13.0. The summed E-state index contributed by atoms with van der Waals surface area (Å²) in [4.78, 5) is 0. The average Bonchev–Trinajstić information content (AvgIpc) is 2.38. The molecule has 0 aromatic carbocycles. The Morgan fingerprint density at radius 2 is 0.944 bits per heavy atom. The normalized spacial score (nSPS) is 11.9. The van der Waals surface area contributed by atoms with Crippen LogP contribution in [0.15, 0.2) is 0 Å². The first kappa shape index (κ1) is 18.7. The Morgan fingerprint density at radius 1 is 0.556 bits per heavy atom. The van der Waals surface area contributed by atoms with Crippen molar-refractivity contribution in [1.29, 1.82) is 0 Å². The molecular weight excluding hydrogens is 255 g/mol. The Bertz CT molecular complexity index is 197. The molecule has 0 saturated heterocycles. The second kappa shape index (κ2) is 12.7. The molecule has 0 rings (SSSR count). The quantitative estimate of drug-likeness (QED) is 0.278. The lowest BCUT2D eigenvalue weighted by Crippen LogP contribution is -2.01. The van der Waals surface area contributed by atoms with Crippen LogP contribution in [-0.4, -0.2) is 18.5 Å². The molecule has 0 heterocycles. The highest BCUT2D eigenvalue weighted by atomic mass is 32.4. The van der Waals surface area contributed by atoms with Gasteiger partial charge in [0.25, 0.3) is 0 Å². The fourth-order valence-corrected chi connectivity index (χ4v) is 6.76. The highest BCUT2D eigenvalue weighted by Gasteiger charge is 2.15. The molecule has 0 nitrogen and oxygen atoms in total. The van der Waals surface area contributed by atoms with Crippen LogP contribution in [0.4, 0.5) is 0 Å². The maximum Gasteiger partial charge on any atom is -0.0235 e. The maximum absolute atomic E-state index is 6.08. The van der Waals surface area contributed by atoms with Crippen LogP contribution >= 0.6 is 6.04 Å². The van der Waals surface area contributed by atoms with Gasteiger partial charge in [-0.15, -0.1) is 0 Å². The molecule has 0 unspecified atom stereocenters. The third-order valence-electron chi connectivity index (χ3n) is 3.76. The van der Waals surface area contributed by atoms with E-state index >= 15 is 0 Å². The van der Waals surface area contributed by atoms with Gasteiger partial charge < -0.3 is 0 Å². The summed E-state index contributed by atoms with van der Waals surface area (Å²) < 4.78 is 0. The van der Waals surface area contributed by atoms with Crippen LogP contribution in [0.2, 0.25) is 0 Å². The molecule has 18 heavy (non-hydrogen) atoms. The topological polar surface area (TPSA) is 0 Å². The summed E-state index contributed by atoms with van der Waals surface area (Å²) in [6.45, 7) is 6.88. The maximum atomic E-state index is 6.08. The number of unbranched alkanes of at least 4 members (excludes halogenated alkanes) is 7. The average molecular weight is 290 g/mol. The first-order valence-corrected chi connectivity index (χ1v) is 11.6. The summed E-state index contributed by atoms with van der Waals surface area (Å²) in [6, 6.07) is -0.983. The van der Waals surface area contributed by atoms with Gasteiger partial charge in [0.1, 0.15) is 0 Å². The molecule has 0 spiro atoms. The van der Waals surface area contributed by atoms with Crippen LogP contribution in [-0.2, 0) is 11.8 Å². The minimum Gasteiger partial charge on any atom is -0.0975 e. The first-order chi connectivity index (χ1) is 8.68. The van der Waals surface area contributed by atoms with Gasteiger partial charge in [-0.25, -0.2) is 0 Å². The molecule has 110 valence electrons. The van der Waals surface area contributed by atoms with Gasteiger partial charge in [-0.2, -0.15) is 0 Å². The molecule has 0 bridgehead atoms. The van der Waals surface area contributed by atoms with E-state index in [0.29, 0.717) is 0 Å². The fourth-order valence-electron chi connectivity index (χ4n) is 2.44. The largest absolute Gasteiger partial charge is 0.0975 e. The Labute approximate surface area is 121 Å². The minimum absolute atomic E-state index is 0.983. The summed E-state index contributed by atoms with van der Waals surface area (Å²) in [6.07, 6.45) is 18.0. The standard InChI is InChI=1S/C16H35PS/c1-4-7-10-12-15-17(18,14-9-6-3)16-13-11-8-5-2/h4-16H2,1-3H3. The Balaban J connectivity index is 3.95. The summed E-state index contributed by atoms with van der Waals surface area (Å²) in [5.41, 5.74) is 0. The third-order valence-corrected chi connectivity index (χ3v) is 8.79. The Morgan fingerprint density at radius 3 is 1.33 bits per heavy atom. The summed E-state index contributed by atoms with van der Waals surface area (Å²) in [7, 11) is 0. The number of hydrogen-bond donors (Lipinski definition) is 0. The van der Waals surface area contributed by atoms with Gasteiger partial charge in [-0.05, 0) is 43.8 Å². The summed E-state index contributed by atoms with van der Waals surface area (Å²) in [5, 5.41) is 0. The molecule has 0 N–H and O–H groups in total. The molecular formula is C16H35PS. The van der Waals surface area contributed by atoms with Gasteiger partial charge in [0.15, 0.2) is 0 Å². The van der Waals surface area contributed by atoms with Gasteiger partial charge in [0.2, 0.25) is 0 Å². The SMILES string of the molecule is CCCCCCP(=S)(CCCC)CCCCCC. The van der Waals surface area contributed by atoms with Crippen LogP contribution in [0.25, 0.3) is 0 Å². The molecule has 0 aliphatic rings. The molecule has 2 heteroatoms. The van der Waals surface area contributed by atoms with Gasteiger partial charge in [-0.1, -0.05) is 77.5 Å². The molecule has 0 fully saturated rings. The zero-order chi connectivity index (χ0) is 13.7. The van der Waals surface area contributed by atoms with Gasteiger partial charge in [0, 0.05) is 0 Å². The summed E-state index contributed by atoms with van der Waals surface area (Å²) in [5.74, 6) is 0. The van der Waals surface area contributed by atoms with E-state index in [0.717, 1.165) is 0 Å². The molecule has 0 aliphatic heterocycles. The van der Waals surface area contributed by atoms with Crippen molar-refractivity contribution in [3.8, 4) is 0 Å². The molecule has 0 aromatic heterocycles. The van der Waals surface area contributed by atoms with E-state index in [-0.39, 0.29) is 0 Å². The molecule has 0 aliphatic carbocycles. The van der Waals surface area contributed by atoms with Crippen molar-refractivity contribution in [3.63, 3.8) is 0 Å². The van der Waals surface area contributed by atoms with E-state index in [9.17, 15) is 0 Å². The van der Waals surface area contributed by atoms with Crippen molar-refractivity contribution in [1.82, 2.24) is 0 Å². The van der Waals surface area contributed by atoms with Crippen LogP contribution in [0.1, 0.15) is 85.0 Å². The van der Waals surface area contributed by atoms with Crippen molar-refractivity contribution >= 4 is 17.8 Å². The monoisotopic (exact) mass is 290 g/mol. The van der Waals surface area contributed by atoms with Crippen LogP contribution < -0.4 is 0 Å². The van der Waals surface area contributed by atoms with E-state index in [4.69, 9.17) is 11.8 Å². The lowest BCUT2D eigenvalue weighted by Gasteiger charge is -2.22.